The normalized spacial score (nSPS) is 17.7. The van der Waals surface area contributed by atoms with Crippen LogP contribution in [0.1, 0.15) is 23.2 Å². The minimum absolute atomic E-state index is 0.0494. The van der Waals surface area contributed by atoms with Gasteiger partial charge in [0, 0.05) is 45.2 Å². The van der Waals surface area contributed by atoms with Crippen molar-refractivity contribution < 1.29 is 19.0 Å². The van der Waals surface area contributed by atoms with Gasteiger partial charge in [-0.25, -0.2) is 4.98 Å². The molecule has 3 heterocycles. The Labute approximate surface area is 181 Å². The summed E-state index contributed by atoms with van der Waals surface area (Å²) in [5.74, 6) is 1.15. The van der Waals surface area contributed by atoms with Gasteiger partial charge in [0.1, 0.15) is 16.9 Å². The molecule has 2 fully saturated rings. The average Bonchev–Trinajstić information content (AvgIpc) is 2.80. The van der Waals surface area contributed by atoms with Crippen molar-refractivity contribution in [3.8, 4) is 11.6 Å². The first kappa shape index (κ1) is 20.8. The van der Waals surface area contributed by atoms with Crippen molar-refractivity contribution in [3.05, 3.63) is 47.1 Å². The van der Waals surface area contributed by atoms with Crippen LogP contribution < -0.4 is 14.4 Å². The summed E-state index contributed by atoms with van der Waals surface area (Å²) in [4.78, 5) is 21.3. The van der Waals surface area contributed by atoms with Crippen LogP contribution in [0, 0.1) is 0 Å². The van der Waals surface area contributed by atoms with Crippen molar-refractivity contribution in [3.63, 3.8) is 0 Å². The first-order valence-electron chi connectivity index (χ1n) is 10.2. The highest BCUT2D eigenvalue weighted by Crippen LogP contribution is 2.29. The van der Waals surface area contributed by atoms with Gasteiger partial charge in [-0.1, -0.05) is 23.7 Å². The number of nitrogens with zero attached hydrogens (tertiary/aromatic N) is 3. The third kappa shape index (κ3) is 4.63. The predicted octanol–water partition coefficient (Wildman–Crippen LogP) is 3.26. The molecule has 2 aliphatic heterocycles. The standard InChI is InChI=1S/C22H26ClN3O4/c1-28-20-5-3-2-4-19(20)25-8-10-26(11-9-25)22(27)16-14-18(23)21(24-15-16)30-17-6-12-29-13-7-17/h2-5,14-15,17H,6-13H2,1H3. The van der Waals surface area contributed by atoms with Gasteiger partial charge in [0.15, 0.2) is 0 Å². The molecular formula is C22H26ClN3O4. The molecule has 0 unspecified atom stereocenters. The zero-order chi connectivity index (χ0) is 20.9. The van der Waals surface area contributed by atoms with E-state index in [1.807, 2.05) is 29.2 Å². The lowest BCUT2D eigenvalue weighted by atomic mass is 10.1. The van der Waals surface area contributed by atoms with E-state index in [1.165, 1.54) is 0 Å². The second-order valence-electron chi connectivity index (χ2n) is 7.39. The number of rotatable bonds is 5. The first-order chi connectivity index (χ1) is 14.7. The van der Waals surface area contributed by atoms with Crippen molar-refractivity contribution in [1.82, 2.24) is 9.88 Å². The fourth-order valence-corrected chi connectivity index (χ4v) is 4.02. The molecule has 2 aliphatic rings. The Morgan fingerprint density at radius 1 is 1.17 bits per heavy atom. The number of ether oxygens (including phenoxy) is 3. The fraction of sp³-hybridized carbons (Fsp3) is 0.455. The van der Waals surface area contributed by atoms with Gasteiger partial charge in [-0.05, 0) is 18.2 Å². The summed E-state index contributed by atoms with van der Waals surface area (Å²) in [5, 5.41) is 0.361. The molecule has 0 N–H and O–H groups in total. The van der Waals surface area contributed by atoms with Crippen LogP contribution in [0.25, 0.3) is 0 Å². The summed E-state index contributed by atoms with van der Waals surface area (Å²) >= 11 is 6.36. The van der Waals surface area contributed by atoms with Crippen LogP contribution in [0.3, 0.4) is 0 Å². The second kappa shape index (κ2) is 9.53. The summed E-state index contributed by atoms with van der Waals surface area (Å²) in [7, 11) is 1.67. The molecular weight excluding hydrogens is 406 g/mol. The zero-order valence-electron chi connectivity index (χ0n) is 17.1. The maximum Gasteiger partial charge on any atom is 0.255 e. The molecule has 0 bridgehead atoms. The second-order valence-corrected chi connectivity index (χ2v) is 7.80. The molecule has 160 valence electrons. The fourth-order valence-electron chi connectivity index (χ4n) is 3.80. The SMILES string of the molecule is COc1ccccc1N1CCN(C(=O)c2cnc(OC3CCOCC3)c(Cl)c2)CC1. The summed E-state index contributed by atoms with van der Waals surface area (Å²) in [6, 6.07) is 9.58. The van der Waals surface area contributed by atoms with E-state index >= 15 is 0 Å². The van der Waals surface area contributed by atoms with Crippen LogP contribution in [0.15, 0.2) is 36.5 Å². The number of hydrogen-bond acceptors (Lipinski definition) is 6. The van der Waals surface area contributed by atoms with Crippen LogP contribution in [0.5, 0.6) is 11.6 Å². The van der Waals surface area contributed by atoms with E-state index in [4.69, 9.17) is 25.8 Å². The number of anilines is 1. The highest BCUT2D eigenvalue weighted by Gasteiger charge is 2.25. The Hall–Kier alpha value is -2.51. The van der Waals surface area contributed by atoms with E-state index in [-0.39, 0.29) is 12.0 Å². The van der Waals surface area contributed by atoms with E-state index in [0.717, 1.165) is 37.4 Å². The summed E-state index contributed by atoms with van der Waals surface area (Å²) < 4.78 is 16.7. The van der Waals surface area contributed by atoms with Gasteiger partial charge in [-0.2, -0.15) is 0 Å². The van der Waals surface area contributed by atoms with E-state index in [9.17, 15) is 4.79 Å². The summed E-state index contributed by atoms with van der Waals surface area (Å²) in [5.41, 5.74) is 1.52. The third-order valence-electron chi connectivity index (χ3n) is 5.49. The van der Waals surface area contributed by atoms with E-state index in [1.54, 1.807) is 19.4 Å². The smallest absolute Gasteiger partial charge is 0.255 e. The highest BCUT2D eigenvalue weighted by atomic mass is 35.5. The number of carbonyl (C=O) groups excluding carboxylic acids is 1. The summed E-state index contributed by atoms with van der Waals surface area (Å²) in [6.07, 6.45) is 3.23. The lowest BCUT2D eigenvalue weighted by Gasteiger charge is -2.36. The van der Waals surface area contributed by atoms with Crippen molar-refractivity contribution in [2.24, 2.45) is 0 Å². The van der Waals surface area contributed by atoms with E-state index in [2.05, 4.69) is 9.88 Å². The Morgan fingerprint density at radius 2 is 1.90 bits per heavy atom. The molecule has 2 aromatic rings. The molecule has 7 nitrogen and oxygen atoms in total. The predicted molar refractivity (Wildman–Crippen MR) is 115 cm³/mol. The number of piperazine rings is 1. The van der Waals surface area contributed by atoms with E-state index in [0.29, 0.717) is 42.8 Å². The van der Waals surface area contributed by atoms with Gasteiger partial charge < -0.3 is 24.0 Å². The highest BCUT2D eigenvalue weighted by molar-refractivity contribution is 6.32. The minimum Gasteiger partial charge on any atom is -0.495 e. The number of methoxy groups -OCH3 is 1. The van der Waals surface area contributed by atoms with Crippen molar-refractivity contribution in [2.45, 2.75) is 18.9 Å². The largest absolute Gasteiger partial charge is 0.495 e. The molecule has 1 amide bonds. The number of pyridine rings is 1. The van der Waals surface area contributed by atoms with Gasteiger partial charge in [0.25, 0.3) is 5.91 Å². The molecule has 30 heavy (non-hydrogen) atoms. The molecule has 2 saturated heterocycles. The molecule has 0 radical (unpaired) electrons. The number of halogens is 1. The summed E-state index contributed by atoms with van der Waals surface area (Å²) in [6.45, 7) is 4.07. The molecule has 0 saturated carbocycles. The van der Waals surface area contributed by atoms with Crippen LogP contribution in [-0.2, 0) is 4.74 Å². The lowest BCUT2D eigenvalue weighted by molar-refractivity contribution is 0.0238. The topological polar surface area (TPSA) is 64.1 Å². The average molecular weight is 432 g/mol. The van der Waals surface area contributed by atoms with Gasteiger partial charge >= 0.3 is 0 Å². The van der Waals surface area contributed by atoms with E-state index < -0.39 is 0 Å². The maximum absolute atomic E-state index is 12.9. The number of carbonyl (C=O) groups is 1. The van der Waals surface area contributed by atoms with Crippen LogP contribution in [0.4, 0.5) is 5.69 Å². The number of amides is 1. The lowest BCUT2D eigenvalue weighted by Crippen LogP contribution is -2.48. The molecule has 0 atom stereocenters. The Bertz CT molecular complexity index is 880. The Balaban J connectivity index is 1.37. The molecule has 1 aromatic carbocycles. The molecule has 0 aliphatic carbocycles. The van der Waals surface area contributed by atoms with Crippen molar-refractivity contribution >= 4 is 23.2 Å². The third-order valence-corrected chi connectivity index (χ3v) is 5.76. The Kier molecular flexibility index (Phi) is 6.59. The van der Waals surface area contributed by atoms with Gasteiger partial charge in [0.2, 0.25) is 5.88 Å². The quantitative estimate of drug-likeness (QED) is 0.724. The number of para-hydroxylation sites is 2. The van der Waals surface area contributed by atoms with Crippen LogP contribution in [0.2, 0.25) is 5.02 Å². The first-order valence-corrected chi connectivity index (χ1v) is 10.6. The number of aromatic nitrogens is 1. The monoisotopic (exact) mass is 431 g/mol. The van der Waals surface area contributed by atoms with Crippen LogP contribution in [-0.4, -0.2) is 68.4 Å². The van der Waals surface area contributed by atoms with Gasteiger partial charge in [0.05, 0.1) is 31.6 Å². The molecule has 4 rings (SSSR count). The molecule has 8 heteroatoms. The number of hydrogen-bond donors (Lipinski definition) is 0. The number of benzene rings is 1. The zero-order valence-corrected chi connectivity index (χ0v) is 17.8. The maximum atomic E-state index is 12.9. The minimum atomic E-state index is -0.0679. The molecule has 0 spiro atoms. The van der Waals surface area contributed by atoms with Crippen molar-refractivity contribution in [2.75, 3.05) is 51.4 Å². The molecule has 1 aromatic heterocycles. The Morgan fingerprint density at radius 3 is 2.60 bits per heavy atom. The van der Waals surface area contributed by atoms with Crippen LogP contribution >= 0.6 is 11.6 Å². The van der Waals surface area contributed by atoms with Gasteiger partial charge in [-0.15, -0.1) is 0 Å². The van der Waals surface area contributed by atoms with Gasteiger partial charge in [-0.3, -0.25) is 4.79 Å². The van der Waals surface area contributed by atoms with Crippen molar-refractivity contribution in [1.29, 1.82) is 0 Å².